The molecule has 1 aromatic carbocycles. The van der Waals surface area contributed by atoms with Crippen LogP contribution in [0.1, 0.15) is 23.4 Å². The summed E-state index contributed by atoms with van der Waals surface area (Å²) < 4.78 is 11.8. The van der Waals surface area contributed by atoms with Crippen LogP contribution in [0.25, 0.3) is 0 Å². The number of hydrogen-bond acceptors (Lipinski definition) is 4. The van der Waals surface area contributed by atoms with Gasteiger partial charge in [0.25, 0.3) is 0 Å². The number of hydrogen-bond donors (Lipinski definition) is 1. The minimum Gasteiger partial charge on any atom is -0.493 e. The Kier molecular flexibility index (Phi) is 4.69. The Hall–Kier alpha value is -1.23. The van der Waals surface area contributed by atoms with Crippen molar-refractivity contribution in [2.75, 3.05) is 7.11 Å². The van der Waals surface area contributed by atoms with Crippen LogP contribution in [-0.4, -0.2) is 7.11 Å². The number of rotatable bonds is 5. The summed E-state index contributed by atoms with van der Waals surface area (Å²) in [6.45, 7) is 2.41. The molecule has 1 atom stereocenters. The number of ether oxygens (including phenoxy) is 2. The first-order valence-corrected chi connectivity index (χ1v) is 7.10. The van der Waals surface area contributed by atoms with E-state index in [1.54, 1.807) is 7.11 Å². The van der Waals surface area contributed by atoms with Gasteiger partial charge < -0.3 is 15.2 Å². The van der Waals surface area contributed by atoms with Gasteiger partial charge in [-0.15, -0.1) is 11.3 Å². The number of benzene rings is 1. The van der Waals surface area contributed by atoms with Crippen LogP contribution in [0.3, 0.4) is 0 Å². The molecule has 0 fully saturated rings. The molecule has 2 rings (SSSR count). The zero-order valence-electron chi connectivity index (χ0n) is 10.9. The summed E-state index contributed by atoms with van der Waals surface area (Å²) in [5.41, 5.74) is 6.86. The van der Waals surface area contributed by atoms with E-state index in [9.17, 15) is 0 Å². The molecule has 0 aliphatic rings. The fourth-order valence-corrected chi connectivity index (χ4v) is 2.67. The molecule has 1 aromatic heterocycles. The molecule has 0 spiro atoms. The first kappa shape index (κ1) is 14.2. The lowest BCUT2D eigenvalue weighted by atomic mass is 10.1. The van der Waals surface area contributed by atoms with Crippen molar-refractivity contribution in [2.24, 2.45) is 5.73 Å². The smallest absolute Gasteiger partial charge is 0.161 e. The van der Waals surface area contributed by atoms with Crippen LogP contribution in [0.4, 0.5) is 0 Å². The van der Waals surface area contributed by atoms with Crippen molar-refractivity contribution < 1.29 is 9.47 Å². The molecule has 0 saturated heterocycles. The van der Waals surface area contributed by atoms with E-state index in [0.29, 0.717) is 18.1 Å². The summed E-state index contributed by atoms with van der Waals surface area (Å²) in [4.78, 5) is 1.07. The Morgan fingerprint density at radius 2 is 2.05 bits per heavy atom. The summed E-state index contributed by atoms with van der Waals surface area (Å²) in [6.07, 6.45) is 0. The highest BCUT2D eigenvalue weighted by atomic mass is 35.5. The second kappa shape index (κ2) is 6.28. The average Bonchev–Trinajstić information content (AvgIpc) is 2.81. The Balaban J connectivity index is 2.11. The molecule has 0 bridgehead atoms. The van der Waals surface area contributed by atoms with Gasteiger partial charge in [0.15, 0.2) is 11.5 Å². The Bertz CT molecular complexity index is 554. The lowest BCUT2D eigenvalue weighted by Gasteiger charge is -2.13. The average molecular weight is 298 g/mol. The van der Waals surface area contributed by atoms with Crippen LogP contribution in [0, 0.1) is 0 Å². The molecule has 0 aliphatic carbocycles. The third kappa shape index (κ3) is 3.62. The van der Waals surface area contributed by atoms with Crippen molar-refractivity contribution in [1.29, 1.82) is 0 Å². The van der Waals surface area contributed by atoms with E-state index in [2.05, 4.69) is 0 Å². The van der Waals surface area contributed by atoms with E-state index in [-0.39, 0.29) is 6.04 Å². The monoisotopic (exact) mass is 297 g/mol. The summed E-state index contributed by atoms with van der Waals surface area (Å²) in [6, 6.07) is 9.52. The van der Waals surface area contributed by atoms with E-state index in [0.717, 1.165) is 14.8 Å². The standard InChI is InChI=1S/C14H16ClNO2S/c1-9(16)10-3-5-12(13(7-10)17-2)18-8-11-4-6-14(15)19-11/h3-7,9H,8,16H2,1-2H3/t9-/m0/s1. The van der Waals surface area contributed by atoms with E-state index in [1.807, 2.05) is 37.3 Å². The molecule has 2 aromatic rings. The van der Waals surface area contributed by atoms with E-state index < -0.39 is 0 Å². The molecule has 5 heteroatoms. The van der Waals surface area contributed by atoms with Crippen molar-refractivity contribution >= 4 is 22.9 Å². The van der Waals surface area contributed by atoms with Gasteiger partial charge in [-0.3, -0.25) is 0 Å². The second-order valence-electron chi connectivity index (χ2n) is 4.19. The number of methoxy groups -OCH3 is 1. The van der Waals surface area contributed by atoms with Crippen molar-refractivity contribution in [3.05, 3.63) is 45.1 Å². The molecule has 0 saturated carbocycles. The first-order valence-electron chi connectivity index (χ1n) is 5.90. The van der Waals surface area contributed by atoms with E-state index >= 15 is 0 Å². The van der Waals surface area contributed by atoms with Gasteiger partial charge in [-0.2, -0.15) is 0 Å². The lowest BCUT2D eigenvalue weighted by Crippen LogP contribution is -2.05. The van der Waals surface area contributed by atoms with Gasteiger partial charge in [-0.1, -0.05) is 17.7 Å². The van der Waals surface area contributed by atoms with Gasteiger partial charge in [-0.25, -0.2) is 0 Å². The van der Waals surface area contributed by atoms with Gasteiger partial charge in [0.2, 0.25) is 0 Å². The first-order chi connectivity index (χ1) is 9.10. The quantitative estimate of drug-likeness (QED) is 0.907. The second-order valence-corrected chi connectivity index (χ2v) is 5.99. The molecule has 19 heavy (non-hydrogen) atoms. The van der Waals surface area contributed by atoms with Gasteiger partial charge in [-0.05, 0) is 36.8 Å². The maximum absolute atomic E-state index is 5.88. The van der Waals surface area contributed by atoms with Crippen LogP contribution in [-0.2, 0) is 6.61 Å². The number of thiophene rings is 1. The SMILES string of the molecule is COc1cc([C@H](C)N)ccc1OCc1ccc(Cl)s1. The van der Waals surface area contributed by atoms with Gasteiger partial charge in [0.05, 0.1) is 11.4 Å². The third-order valence-corrected chi connectivity index (χ3v) is 3.92. The number of nitrogens with two attached hydrogens (primary N) is 1. The molecule has 102 valence electrons. The summed E-state index contributed by atoms with van der Waals surface area (Å²) >= 11 is 7.39. The van der Waals surface area contributed by atoms with Gasteiger partial charge in [0.1, 0.15) is 6.61 Å². The highest BCUT2D eigenvalue weighted by molar-refractivity contribution is 7.16. The van der Waals surface area contributed by atoms with Crippen LogP contribution in [0.5, 0.6) is 11.5 Å². The molecule has 0 radical (unpaired) electrons. The molecule has 0 unspecified atom stereocenters. The molecular formula is C14H16ClNO2S. The van der Waals surface area contributed by atoms with Crippen molar-refractivity contribution in [1.82, 2.24) is 0 Å². The van der Waals surface area contributed by atoms with Crippen molar-refractivity contribution in [3.63, 3.8) is 0 Å². The molecule has 1 heterocycles. The highest BCUT2D eigenvalue weighted by Gasteiger charge is 2.09. The molecule has 3 nitrogen and oxygen atoms in total. The lowest BCUT2D eigenvalue weighted by molar-refractivity contribution is 0.287. The fourth-order valence-electron chi connectivity index (χ4n) is 1.66. The minimum absolute atomic E-state index is 0.0287. The summed E-state index contributed by atoms with van der Waals surface area (Å²) in [5, 5.41) is 0. The normalized spacial score (nSPS) is 12.2. The van der Waals surface area contributed by atoms with E-state index in [4.69, 9.17) is 26.8 Å². The summed E-state index contributed by atoms with van der Waals surface area (Å²) in [5.74, 6) is 1.40. The number of halogens is 1. The maximum Gasteiger partial charge on any atom is 0.161 e. The van der Waals surface area contributed by atoms with E-state index in [1.165, 1.54) is 11.3 Å². The van der Waals surface area contributed by atoms with Crippen LogP contribution in [0.2, 0.25) is 4.34 Å². The fraction of sp³-hybridized carbons (Fsp3) is 0.286. The predicted molar refractivity (Wildman–Crippen MR) is 79.3 cm³/mol. The molecule has 2 N–H and O–H groups in total. The summed E-state index contributed by atoms with van der Waals surface area (Å²) in [7, 11) is 1.62. The van der Waals surface area contributed by atoms with Gasteiger partial charge >= 0.3 is 0 Å². The Morgan fingerprint density at radius 3 is 2.63 bits per heavy atom. The minimum atomic E-state index is -0.0287. The molecular weight excluding hydrogens is 282 g/mol. The van der Waals surface area contributed by atoms with Crippen LogP contribution in [0.15, 0.2) is 30.3 Å². The van der Waals surface area contributed by atoms with Crippen molar-refractivity contribution in [3.8, 4) is 11.5 Å². The van der Waals surface area contributed by atoms with Crippen LogP contribution >= 0.6 is 22.9 Å². The van der Waals surface area contributed by atoms with Crippen LogP contribution < -0.4 is 15.2 Å². The third-order valence-electron chi connectivity index (χ3n) is 2.71. The highest BCUT2D eigenvalue weighted by Crippen LogP contribution is 2.31. The van der Waals surface area contributed by atoms with Crippen molar-refractivity contribution in [2.45, 2.75) is 19.6 Å². The molecule has 0 aliphatic heterocycles. The zero-order chi connectivity index (χ0) is 13.8. The maximum atomic E-state index is 5.88. The van der Waals surface area contributed by atoms with Gasteiger partial charge in [0, 0.05) is 10.9 Å². The molecule has 0 amide bonds. The Morgan fingerprint density at radius 1 is 1.26 bits per heavy atom. The largest absolute Gasteiger partial charge is 0.493 e. The predicted octanol–water partition coefficient (Wildman–Crippen LogP) is 4.01. The Labute approximate surface area is 121 Å². The topological polar surface area (TPSA) is 44.5 Å². The zero-order valence-corrected chi connectivity index (χ0v) is 12.4.